The van der Waals surface area contributed by atoms with E-state index in [1.165, 1.54) is 11.3 Å². The van der Waals surface area contributed by atoms with E-state index in [0.717, 1.165) is 5.01 Å². The first-order chi connectivity index (χ1) is 15.2. The number of para-hydroxylation sites is 3. The lowest BCUT2D eigenvalue weighted by molar-refractivity contribution is 0.0441. The van der Waals surface area contributed by atoms with Crippen molar-refractivity contribution in [1.29, 1.82) is 0 Å². The fraction of sp³-hybridized carbons (Fsp3) is 0.174. The minimum Gasteiger partial charge on any atom is -0.486 e. The zero-order valence-electron chi connectivity index (χ0n) is 16.4. The van der Waals surface area contributed by atoms with E-state index in [4.69, 9.17) is 13.9 Å². The molecule has 5 rings (SSSR count). The molecule has 0 bridgehead atoms. The second kappa shape index (κ2) is 8.23. The predicted molar refractivity (Wildman–Crippen MR) is 116 cm³/mol. The number of hydrogen-bond donors (Lipinski definition) is 0. The minimum absolute atomic E-state index is 0.0209. The topological polar surface area (TPSA) is 81.9 Å². The van der Waals surface area contributed by atoms with Crippen LogP contribution in [0.25, 0.3) is 11.0 Å². The molecule has 1 atom stereocenters. The van der Waals surface area contributed by atoms with Crippen LogP contribution in [-0.4, -0.2) is 35.0 Å². The summed E-state index contributed by atoms with van der Waals surface area (Å²) in [6, 6.07) is 16.1. The monoisotopic (exact) mass is 434 g/mol. The van der Waals surface area contributed by atoms with Gasteiger partial charge in [-0.15, -0.1) is 11.3 Å². The number of carbonyl (C=O) groups excluding carboxylic acids is 1. The number of carbonyl (C=O) groups is 1. The summed E-state index contributed by atoms with van der Waals surface area (Å²) in [6.07, 6.45) is 1.30. The van der Waals surface area contributed by atoms with E-state index < -0.39 is 11.5 Å². The lowest BCUT2D eigenvalue weighted by Gasteiger charge is -2.31. The summed E-state index contributed by atoms with van der Waals surface area (Å²) in [7, 11) is 0. The summed E-state index contributed by atoms with van der Waals surface area (Å²) >= 11 is 1.44. The molecule has 1 aliphatic rings. The summed E-state index contributed by atoms with van der Waals surface area (Å²) < 4.78 is 17.2. The zero-order valence-corrected chi connectivity index (χ0v) is 17.2. The molecule has 31 heavy (non-hydrogen) atoms. The summed E-state index contributed by atoms with van der Waals surface area (Å²) in [5.74, 6) is 0.870. The first-order valence-corrected chi connectivity index (χ1v) is 10.6. The third-order valence-electron chi connectivity index (χ3n) is 4.96. The third kappa shape index (κ3) is 4.02. The van der Waals surface area contributed by atoms with Crippen LogP contribution in [0.5, 0.6) is 11.5 Å². The molecule has 0 saturated carbocycles. The van der Waals surface area contributed by atoms with Crippen molar-refractivity contribution in [2.45, 2.75) is 12.6 Å². The summed E-state index contributed by atoms with van der Waals surface area (Å²) in [5.41, 5.74) is -0.248. The van der Waals surface area contributed by atoms with Gasteiger partial charge in [-0.05, 0) is 24.3 Å². The molecule has 0 spiro atoms. The highest BCUT2D eigenvalue weighted by Crippen LogP contribution is 2.31. The molecule has 1 aliphatic heterocycles. The second-order valence-electron chi connectivity index (χ2n) is 7.09. The molecule has 0 fully saturated rings. The summed E-state index contributed by atoms with van der Waals surface area (Å²) in [5, 5.41) is 3.29. The first-order valence-electron chi connectivity index (χ1n) is 9.76. The maximum absolute atomic E-state index is 13.4. The Hall–Kier alpha value is -3.65. The van der Waals surface area contributed by atoms with Gasteiger partial charge in [0.25, 0.3) is 5.91 Å². The van der Waals surface area contributed by atoms with E-state index in [1.54, 1.807) is 35.4 Å². The van der Waals surface area contributed by atoms with E-state index in [9.17, 15) is 9.59 Å². The SMILES string of the molecule is O=C(c1cc2ccccc2oc1=O)N(Cc1nccs1)CC1COc2ccccc2O1. The van der Waals surface area contributed by atoms with E-state index in [1.807, 2.05) is 35.7 Å². The number of fused-ring (bicyclic) bond motifs is 2. The Morgan fingerprint density at radius 3 is 2.77 bits per heavy atom. The maximum atomic E-state index is 13.4. The van der Waals surface area contributed by atoms with Gasteiger partial charge in [0.1, 0.15) is 22.8 Å². The number of rotatable bonds is 5. The summed E-state index contributed by atoms with van der Waals surface area (Å²) in [6.45, 7) is 0.786. The minimum atomic E-state index is -0.668. The largest absolute Gasteiger partial charge is 0.486 e. The molecule has 0 aliphatic carbocycles. The van der Waals surface area contributed by atoms with E-state index in [0.29, 0.717) is 29.1 Å². The van der Waals surface area contributed by atoms with Crippen LogP contribution >= 0.6 is 11.3 Å². The van der Waals surface area contributed by atoms with Gasteiger partial charge in [-0.25, -0.2) is 9.78 Å². The number of amides is 1. The normalized spacial score (nSPS) is 15.0. The average molecular weight is 434 g/mol. The van der Waals surface area contributed by atoms with Gasteiger partial charge < -0.3 is 18.8 Å². The molecule has 0 radical (unpaired) electrons. The zero-order chi connectivity index (χ0) is 21.2. The number of ether oxygens (including phenoxy) is 2. The number of aromatic nitrogens is 1. The van der Waals surface area contributed by atoms with Crippen LogP contribution < -0.4 is 15.1 Å². The van der Waals surface area contributed by atoms with Gasteiger partial charge in [0, 0.05) is 17.0 Å². The van der Waals surface area contributed by atoms with Gasteiger partial charge in [-0.3, -0.25) is 4.79 Å². The van der Waals surface area contributed by atoms with Gasteiger partial charge in [0.15, 0.2) is 17.6 Å². The highest BCUT2D eigenvalue weighted by atomic mass is 32.1. The molecule has 2 aromatic heterocycles. The smallest absolute Gasteiger partial charge is 0.349 e. The third-order valence-corrected chi connectivity index (χ3v) is 5.72. The molecular formula is C23H18N2O5S. The highest BCUT2D eigenvalue weighted by molar-refractivity contribution is 7.09. The van der Waals surface area contributed by atoms with Crippen molar-refractivity contribution in [3.63, 3.8) is 0 Å². The Labute approximate surface area is 181 Å². The Kier molecular flexibility index (Phi) is 5.13. The molecule has 156 valence electrons. The Morgan fingerprint density at radius 2 is 1.94 bits per heavy atom. The quantitative estimate of drug-likeness (QED) is 0.445. The van der Waals surface area contributed by atoms with Crippen LogP contribution in [0.4, 0.5) is 0 Å². The molecular weight excluding hydrogens is 416 g/mol. The molecule has 0 saturated heterocycles. The van der Waals surface area contributed by atoms with Gasteiger partial charge >= 0.3 is 5.63 Å². The number of nitrogens with zero attached hydrogens (tertiary/aromatic N) is 2. The fourth-order valence-electron chi connectivity index (χ4n) is 3.49. The molecule has 1 unspecified atom stereocenters. The van der Waals surface area contributed by atoms with Gasteiger partial charge in [-0.2, -0.15) is 0 Å². The highest BCUT2D eigenvalue weighted by Gasteiger charge is 2.28. The Balaban J connectivity index is 1.44. The number of thiazole rings is 1. The first kappa shape index (κ1) is 19.3. The van der Waals surface area contributed by atoms with Gasteiger partial charge in [-0.1, -0.05) is 30.3 Å². The van der Waals surface area contributed by atoms with Crippen molar-refractivity contribution in [2.75, 3.05) is 13.2 Å². The predicted octanol–water partition coefficient (Wildman–Crippen LogP) is 3.73. The van der Waals surface area contributed by atoms with Crippen LogP contribution in [-0.2, 0) is 6.54 Å². The number of benzene rings is 2. The van der Waals surface area contributed by atoms with Crippen molar-refractivity contribution in [3.05, 3.63) is 87.2 Å². The molecule has 8 heteroatoms. The number of hydrogen-bond acceptors (Lipinski definition) is 7. The Morgan fingerprint density at radius 1 is 1.13 bits per heavy atom. The Bertz CT molecular complexity index is 1280. The van der Waals surface area contributed by atoms with E-state index in [-0.39, 0.29) is 24.8 Å². The lowest BCUT2D eigenvalue weighted by Crippen LogP contribution is -2.44. The molecule has 4 aromatic rings. The molecule has 0 N–H and O–H groups in total. The van der Waals surface area contributed by atoms with Crippen LogP contribution in [0.15, 0.2) is 75.4 Å². The fourth-order valence-corrected chi connectivity index (χ4v) is 4.12. The second-order valence-corrected chi connectivity index (χ2v) is 8.07. The molecule has 2 aromatic carbocycles. The van der Waals surface area contributed by atoms with Gasteiger partial charge in [0.2, 0.25) is 0 Å². The van der Waals surface area contributed by atoms with Crippen LogP contribution in [0.1, 0.15) is 15.4 Å². The maximum Gasteiger partial charge on any atom is 0.349 e. The average Bonchev–Trinajstić information content (AvgIpc) is 3.31. The van der Waals surface area contributed by atoms with Crippen molar-refractivity contribution >= 4 is 28.2 Å². The lowest BCUT2D eigenvalue weighted by atomic mass is 10.1. The summed E-state index contributed by atoms with van der Waals surface area (Å²) in [4.78, 5) is 31.8. The van der Waals surface area contributed by atoms with Crippen molar-refractivity contribution in [3.8, 4) is 11.5 Å². The molecule has 7 nitrogen and oxygen atoms in total. The molecule has 1 amide bonds. The van der Waals surface area contributed by atoms with E-state index in [2.05, 4.69) is 4.98 Å². The van der Waals surface area contributed by atoms with Crippen molar-refractivity contribution in [2.24, 2.45) is 0 Å². The van der Waals surface area contributed by atoms with Crippen molar-refractivity contribution < 1.29 is 18.7 Å². The van der Waals surface area contributed by atoms with Crippen LogP contribution in [0, 0.1) is 0 Å². The molecule has 3 heterocycles. The van der Waals surface area contributed by atoms with Crippen molar-refractivity contribution in [1.82, 2.24) is 9.88 Å². The van der Waals surface area contributed by atoms with Crippen LogP contribution in [0.3, 0.4) is 0 Å². The van der Waals surface area contributed by atoms with Gasteiger partial charge in [0.05, 0.1) is 13.1 Å². The van der Waals surface area contributed by atoms with Crippen LogP contribution in [0.2, 0.25) is 0 Å². The standard InChI is InChI=1S/C23H18N2O5S/c26-22(17-11-15-5-1-2-6-18(15)30-23(17)27)25(13-21-24-9-10-31-21)12-16-14-28-19-7-3-4-8-20(19)29-16/h1-11,16H,12-14H2. The van der Waals surface area contributed by atoms with E-state index >= 15 is 0 Å².